The summed E-state index contributed by atoms with van der Waals surface area (Å²) in [7, 11) is 0. The molecule has 0 aliphatic carbocycles. The molecular formula is C30H39FN6O2. The number of rotatable bonds is 10. The van der Waals surface area contributed by atoms with Crippen molar-refractivity contribution in [1.82, 2.24) is 19.9 Å². The molecule has 2 unspecified atom stereocenters. The highest BCUT2D eigenvalue weighted by molar-refractivity contribution is 5.62. The second kappa shape index (κ2) is 14.2. The Bertz CT molecular complexity index is 1180. The summed E-state index contributed by atoms with van der Waals surface area (Å²) in [6, 6.07) is 7.67. The zero-order valence-electron chi connectivity index (χ0n) is 23.1. The van der Waals surface area contributed by atoms with E-state index >= 15 is 0 Å². The van der Waals surface area contributed by atoms with Gasteiger partial charge in [0.25, 0.3) is 0 Å². The van der Waals surface area contributed by atoms with Crippen LogP contribution in [0.15, 0.2) is 48.5 Å². The smallest absolute Gasteiger partial charge is 0.230 e. The first-order valence-electron chi connectivity index (χ1n) is 13.9. The zero-order valence-corrected chi connectivity index (χ0v) is 23.1. The van der Waals surface area contributed by atoms with Crippen LogP contribution < -0.4 is 10.1 Å². The number of alkyl halides is 1. The monoisotopic (exact) mass is 534 g/mol. The highest BCUT2D eigenvalue weighted by atomic mass is 19.1. The minimum absolute atomic E-state index is 0.0534. The molecule has 2 aliphatic heterocycles. The highest BCUT2D eigenvalue weighted by Gasteiger charge is 2.23. The molecule has 2 saturated heterocycles. The number of benzene rings is 1. The first-order chi connectivity index (χ1) is 18.9. The lowest BCUT2D eigenvalue weighted by atomic mass is 9.85. The molecule has 0 bridgehead atoms. The van der Waals surface area contributed by atoms with Crippen LogP contribution in [-0.4, -0.2) is 65.0 Å². The predicted octanol–water partition coefficient (Wildman–Crippen LogP) is 5.55. The van der Waals surface area contributed by atoms with Gasteiger partial charge in [0.1, 0.15) is 30.4 Å². The molecule has 9 heteroatoms. The Labute approximate surface area is 231 Å². The highest BCUT2D eigenvalue weighted by Crippen LogP contribution is 2.28. The molecule has 8 nitrogen and oxygen atoms in total. The Morgan fingerprint density at radius 1 is 1.23 bits per heavy atom. The van der Waals surface area contributed by atoms with Crippen LogP contribution in [0.2, 0.25) is 0 Å². The molecule has 1 aromatic heterocycles. The van der Waals surface area contributed by atoms with Crippen molar-refractivity contribution in [3.05, 3.63) is 54.0 Å². The third kappa shape index (κ3) is 8.32. The molecule has 1 N–H and O–H groups in total. The van der Waals surface area contributed by atoms with Gasteiger partial charge in [-0.25, -0.2) is 14.4 Å². The van der Waals surface area contributed by atoms with Gasteiger partial charge in [0, 0.05) is 30.6 Å². The number of nitrogens with zero attached hydrogens (tertiary/aromatic N) is 5. The summed E-state index contributed by atoms with van der Waals surface area (Å²) in [6.45, 7) is 9.62. The number of likely N-dealkylation sites (tertiary alicyclic amines) is 1. The van der Waals surface area contributed by atoms with E-state index in [1.165, 1.54) is 6.33 Å². The third-order valence-corrected chi connectivity index (χ3v) is 7.42. The van der Waals surface area contributed by atoms with E-state index in [0.717, 1.165) is 50.0 Å². The maximum atomic E-state index is 13.3. The zero-order chi connectivity index (χ0) is 27.6. The molecule has 1 aromatic carbocycles. The van der Waals surface area contributed by atoms with Crippen LogP contribution in [-0.2, 0) is 4.74 Å². The number of hydrogen-bond acceptors (Lipinski definition) is 8. The van der Waals surface area contributed by atoms with Gasteiger partial charge in [-0.1, -0.05) is 19.1 Å². The van der Waals surface area contributed by atoms with E-state index in [4.69, 9.17) is 9.47 Å². The molecule has 2 aliphatic rings. The van der Waals surface area contributed by atoms with Gasteiger partial charge in [-0.2, -0.15) is 10.2 Å². The fraction of sp³-hybridized carbons (Fsp3) is 0.533. The van der Waals surface area contributed by atoms with Crippen molar-refractivity contribution >= 4 is 5.95 Å². The maximum absolute atomic E-state index is 13.3. The van der Waals surface area contributed by atoms with Gasteiger partial charge in [-0.3, -0.25) is 0 Å². The number of piperidine rings is 1. The fourth-order valence-electron chi connectivity index (χ4n) is 5.10. The lowest BCUT2D eigenvalue weighted by molar-refractivity contribution is 0.0254. The molecule has 0 radical (unpaired) electrons. The minimum Gasteiger partial charge on any atom is -0.489 e. The van der Waals surface area contributed by atoms with E-state index < -0.39 is 6.17 Å². The van der Waals surface area contributed by atoms with E-state index in [1.807, 2.05) is 25.1 Å². The quantitative estimate of drug-likeness (QED) is 0.397. The van der Waals surface area contributed by atoms with Crippen molar-refractivity contribution in [2.75, 3.05) is 38.2 Å². The third-order valence-electron chi connectivity index (χ3n) is 7.42. The molecule has 2 fully saturated rings. The molecule has 0 spiro atoms. The number of nitriles is 1. The summed E-state index contributed by atoms with van der Waals surface area (Å²) in [4.78, 5) is 15.4. The molecule has 208 valence electrons. The Balaban J connectivity index is 1.37. The van der Waals surface area contributed by atoms with Gasteiger partial charge >= 0.3 is 0 Å². The molecule has 4 rings (SSSR count). The summed E-state index contributed by atoms with van der Waals surface area (Å²) < 4.78 is 24.8. The number of halogens is 1. The van der Waals surface area contributed by atoms with Crippen molar-refractivity contribution in [2.45, 2.75) is 58.7 Å². The second-order valence-electron chi connectivity index (χ2n) is 10.4. The average Bonchev–Trinajstić information content (AvgIpc) is 2.96. The molecule has 39 heavy (non-hydrogen) atoms. The summed E-state index contributed by atoms with van der Waals surface area (Å²) in [5.41, 5.74) is 2.06. The van der Waals surface area contributed by atoms with Crippen molar-refractivity contribution in [2.24, 2.45) is 11.8 Å². The van der Waals surface area contributed by atoms with Crippen LogP contribution in [0.5, 0.6) is 5.75 Å². The molecule has 0 saturated carbocycles. The standard InChI is InChI=1S/C30H39FN6O2/c1-4-26(7-5-21(2)23-9-13-37(14-10-23)19-22(3)31)35-30-34-20-33-29(36-30)24-6-8-28(25(17-24)18-32)39-27-11-15-38-16-12-27/h4-8,17,20-23,27H,9-16,19H2,1-3H3,(H,33,34,35,36)/b7-5-,26-4+. The normalized spacial score (nSPS) is 19.5. The Morgan fingerprint density at radius 3 is 2.69 bits per heavy atom. The Morgan fingerprint density at radius 2 is 2.00 bits per heavy atom. The summed E-state index contributed by atoms with van der Waals surface area (Å²) in [5, 5.41) is 13.0. The lowest BCUT2D eigenvalue weighted by Crippen LogP contribution is -2.38. The lowest BCUT2D eigenvalue weighted by Gasteiger charge is -2.34. The number of hydrogen-bond donors (Lipinski definition) is 1. The van der Waals surface area contributed by atoms with Gasteiger partial charge in [0.2, 0.25) is 5.95 Å². The van der Waals surface area contributed by atoms with E-state index in [0.29, 0.717) is 54.7 Å². The van der Waals surface area contributed by atoms with E-state index in [9.17, 15) is 9.65 Å². The number of anilines is 1. The van der Waals surface area contributed by atoms with Crippen LogP contribution in [0.25, 0.3) is 11.4 Å². The van der Waals surface area contributed by atoms with E-state index in [1.54, 1.807) is 13.0 Å². The maximum Gasteiger partial charge on any atom is 0.230 e. The molecule has 0 amide bonds. The van der Waals surface area contributed by atoms with Crippen molar-refractivity contribution in [3.63, 3.8) is 0 Å². The van der Waals surface area contributed by atoms with Gasteiger partial charge in [0.15, 0.2) is 5.82 Å². The van der Waals surface area contributed by atoms with Crippen molar-refractivity contribution < 1.29 is 13.9 Å². The van der Waals surface area contributed by atoms with Crippen LogP contribution in [0.4, 0.5) is 10.3 Å². The van der Waals surface area contributed by atoms with Crippen LogP contribution >= 0.6 is 0 Å². The Kier molecular flexibility index (Phi) is 10.4. The molecule has 2 atom stereocenters. The van der Waals surface area contributed by atoms with E-state index in [-0.39, 0.29) is 6.10 Å². The largest absolute Gasteiger partial charge is 0.489 e. The first kappa shape index (κ1) is 28.7. The van der Waals surface area contributed by atoms with E-state index in [2.05, 4.69) is 50.3 Å². The van der Waals surface area contributed by atoms with Gasteiger partial charge in [-0.15, -0.1) is 0 Å². The van der Waals surface area contributed by atoms with Crippen molar-refractivity contribution in [3.8, 4) is 23.2 Å². The van der Waals surface area contributed by atoms with Crippen molar-refractivity contribution in [1.29, 1.82) is 5.26 Å². The number of aromatic nitrogens is 3. The minimum atomic E-state index is -0.776. The average molecular weight is 535 g/mol. The predicted molar refractivity (Wildman–Crippen MR) is 150 cm³/mol. The van der Waals surface area contributed by atoms with Gasteiger partial charge in [-0.05, 0) is 75.9 Å². The first-order valence-corrected chi connectivity index (χ1v) is 13.9. The summed E-state index contributed by atoms with van der Waals surface area (Å²) in [6.07, 6.45) is 10.8. The SMILES string of the molecule is C/C=C(\C=C/C(C)C1CCN(CC(C)F)CC1)Nc1ncnc(-c2ccc(OC3CCOCC3)c(C#N)c2)n1. The molecule has 2 aromatic rings. The summed E-state index contributed by atoms with van der Waals surface area (Å²) >= 11 is 0. The Hall–Kier alpha value is -3.35. The molecular weight excluding hydrogens is 495 g/mol. The fourth-order valence-corrected chi connectivity index (χ4v) is 5.10. The van der Waals surface area contributed by atoms with Crippen LogP contribution in [0.3, 0.4) is 0 Å². The van der Waals surface area contributed by atoms with Crippen LogP contribution in [0, 0.1) is 23.2 Å². The summed E-state index contributed by atoms with van der Waals surface area (Å²) in [5.74, 6) is 2.47. The number of allylic oxidation sites excluding steroid dienone is 3. The second-order valence-corrected chi connectivity index (χ2v) is 10.4. The topological polar surface area (TPSA) is 96.2 Å². The molecule has 3 heterocycles. The van der Waals surface area contributed by atoms with Gasteiger partial charge < -0.3 is 19.7 Å². The number of ether oxygens (including phenoxy) is 2. The van der Waals surface area contributed by atoms with Gasteiger partial charge in [0.05, 0.1) is 18.8 Å². The number of nitrogens with one attached hydrogen (secondary N) is 1. The van der Waals surface area contributed by atoms with Crippen LogP contribution in [0.1, 0.15) is 52.0 Å².